The Morgan fingerprint density at radius 3 is 1.65 bits per heavy atom. The van der Waals surface area contributed by atoms with Gasteiger partial charge in [0, 0.05) is 43.9 Å². The van der Waals surface area contributed by atoms with Gasteiger partial charge in [0.1, 0.15) is 11.6 Å². The Hall–Kier alpha value is -1.23. The number of nitrogens with zero attached hydrogens (tertiary/aromatic N) is 1. The first kappa shape index (κ1) is 22.8. The Kier molecular flexibility index (Phi) is 7.58. The van der Waals surface area contributed by atoms with Crippen molar-refractivity contribution in [3.63, 3.8) is 0 Å². The predicted octanol–water partition coefficient (Wildman–Crippen LogP) is 3.64. The molecule has 0 aliphatic carbocycles. The molecular weight excluding hydrogens is 330 g/mol. The van der Waals surface area contributed by atoms with Crippen LogP contribution in [0.2, 0.25) is 0 Å². The summed E-state index contributed by atoms with van der Waals surface area (Å²) in [5.41, 5.74) is -1.15. The number of carbonyl (C=O) groups is 3. The highest BCUT2D eigenvalue weighted by atomic mass is 16.5. The van der Waals surface area contributed by atoms with Crippen molar-refractivity contribution in [3.05, 3.63) is 0 Å². The van der Waals surface area contributed by atoms with E-state index < -0.39 is 10.8 Å². The summed E-state index contributed by atoms with van der Waals surface area (Å²) in [7, 11) is 1.59. The number of likely N-dealkylation sites (tertiary alicyclic amines) is 1. The minimum absolute atomic E-state index is 0.0877. The highest BCUT2D eigenvalue weighted by molar-refractivity contribution is 5.87. The summed E-state index contributed by atoms with van der Waals surface area (Å²) < 4.78 is 4.99. The molecule has 1 fully saturated rings. The zero-order valence-corrected chi connectivity index (χ0v) is 17.7. The van der Waals surface area contributed by atoms with Gasteiger partial charge in [0.2, 0.25) is 5.91 Å². The lowest BCUT2D eigenvalue weighted by Gasteiger charge is -2.43. The van der Waals surface area contributed by atoms with Gasteiger partial charge in [-0.15, -0.1) is 0 Å². The number of methoxy groups -OCH3 is 1. The third kappa shape index (κ3) is 6.49. The maximum atomic E-state index is 12.7. The number of piperidine rings is 1. The first-order valence-electron chi connectivity index (χ1n) is 9.64. The van der Waals surface area contributed by atoms with Crippen molar-refractivity contribution in [1.82, 2.24) is 4.90 Å². The van der Waals surface area contributed by atoms with E-state index in [0.29, 0.717) is 51.8 Å². The lowest BCUT2D eigenvalue weighted by molar-refractivity contribution is -0.138. The monoisotopic (exact) mass is 367 g/mol. The molecule has 150 valence electrons. The molecule has 1 aliphatic rings. The van der Waals surface area contributed by atoms with Crippen molar-refractivity contribution in [1.29, 1.82) is 0 Å². The standard InChI is InChI=1S/C21H37NO4/c1-19(2,3)16(23)14-21(15-17(24)20(4,5)6)9-11-22(12-10-21)18(25)8-13-26-7/h8-15H2,1-7H3. The Morgan fingerprint density at radius 2 is 1.31 bits per heavy atom. The Morgan fingerprint density at radius 1 is 0.885 bits per heavy atom. The summed E-state index contributed by atoms with van der Waals surface area (Å²) in [4.78, 5) is 39.5. The number of hydrogen-bond donors (Lipinski definition) is 0. The average Bonchev–Trinajstić information content (AvgIpc) is 2.51. The maximum absolute atomic E-state index is 12.7. The quantitative estimate of drug-likeness (QED) is 0.689. The first-order valence-corrected chi connectivity index (χ1v) is 9.64. The minimum Gasteiger partial charge on any atom is -0.384 e. The molecule has 0 aromatic carbocycles. The van der Waals surface area contributed by atoms with Crippen molar-refractivity contribution >= 4 is 17.5 Å². The Balaban J connectivity index is 2.89. The highest BCUT2D eigenvalue weighted by Crippen LogP contribution is 2.42. The second kappa shape index (κ2) is 8.64. The number of carbonyl (C=O) groups excluding carboxylic acids is 3. The molecule has 0 spiro atoms. The predicted molar refractivity (Wildman–Crippen MR) is 103 cm³/mol. The molecule has 5 heteroatoms. The summed E-state index contributed by atoms with van der Waals surface area (Å²) >= 11 is 0. The molecule has 1 aliphatic heterocycles. The van der Waals surface area contributed by atoms with Crippen molar-refractivity contribution in [3.8, 4) is 0 Å². The van der Waals surface area contributed by atoms with Crippen LogP contribution in [-0.4, -0.2) is 49.2 Å². The van der Waals surface area contributed by atoms with Crippen LogP contribution >= 0.6 is 0 Å². The van der Waals surface area contributed by atoms with Gasteiger partial charge >= 0.3 is 0 Å². The van der Waals surface area contributed by atoms with Crippen LogP contribution in [0.25, 0.3) is 0 Å². The van der Waals surface area contributed by atoms with Crippen LogP contribution in [0, 0.1) is 16.2 Å². The number of rotatable bonds is 7. The molecular formula is C21H37NO4. The van der Waals surface area contributed by atoms with Crippen LogP contribution in [0.5, 0.6) is 0 Å². The van der Waals surface area contributed by atoms with Crippen LogP contribution in [0.3, 0.4) is 0 Å². The largest absolute Gasteiger partial charge is 0.384 e. The molecule has 0 atom stereocenters. The molecule has 1 heterocycles. The van der Waals surface area contributed by atoms with Gasteiger partial charge in [0.15, 0.2) is 0 Å². The van der Waals surface area contributed by atoms with Crippen molar-refractivity contribution in [2.45, 2.75) is 73.6 Å². The van der Waals surface area contributed by atoms with Gasteiger partial charge in [0.05, 0.1) is 13.0 Å². The average molecular weight is 368 g/mol. The van der Waals surface area contributed by atoms with E-state index in [-0.39, 0.29) is 22.9 Å². The van der Waals surface area contributed by atoms with Gasteiger partial charge in [-0.3, -0.25) is 14.4 Å². The fraction of sp³-hybridized carbons (Fsp3) is 0.857. The van der Waals surface area contributed by atoms with E-state index in [1.807, 2.05) is 46.4 Å². The number of ether oxygens (including phenoxy) is 1. The van der Waals surface area contributed by atoms with E-state index in [1.54, 1.807) is 7.11 Å². The summed E-state index contributed by atoms with van der Waals surface area (Å²) in [6.07, 6.45) is 2.62. The number of Topliss-reactive ketones (excluding diaryl/α,β-unsaturated/α-hetero) is 2. The molecule has 0 saturated carbocycles. The van der Waals surface area contributed by atoms with Crippen LogP contribution < -0.4 is 0 Å². The van der Waals surface area contributed by atoms with Gasteiger partial charge in [-0.05, 0) is 18.3 Å². The molecule has 0 aromatic rings. The number of hydrogen-bond acceptors (Lipinski definition) is 4. The summed E-state index contributed by atoms with van der Waals surface area (Å²) in [5, 5.41) is 0. The van der Waals surface area contributed by atoms with Gasteiger partial charge in [-0.25, -0.2) is 0 Å². The van der Waals surface area contributed by atoms with E-state index >= 15 is 0 Å². The molecule has 0 radical (unpaired) electrons. The molecule has 0 unspecified atom stereocenters. The number of amides is 1. The van der Waals surface area contributed by atoms with E-state index in [2.05, 4.69) is 0 Å². The van der Waals surface area contributed by atoms with Gasteiger partial charge in [-0.1, -0.05) is 41.5 Å². The van der Waals surface area contributed by atoms with Crippen molar-refractivity contribution in [2.75, 3.05) is 26.8 Å². The van der Waals surface area contributed by atoms with E-state index in [0.717, 1.165) is 0 Å². The number of ketones is 2. The van der Waals surface area contributed by atoms with Gasteiger partial charge in [-0.2, -0.15) is 0 Å². The third-order valence-electron chi connectivity index (χ3n) is 5.44. The van der Waals surface area contributed by atoms with Gasteiger partial charge < -0.3 is 9.64 Å². The van der Waals surface area contributed by atoms with Crippen molar-refractivity contribution < 1.29 is 19.1 Å². The van der Waals surface area contributed by atoms with Gasteiger partial charge in [0.25, 0.3) is 0 Å². The molecule has 1 amide bonds. The summed E-state index contributed by atoms with van der Waals surface area (Å²) in [5.74, 6) is 0.474. The van der Waals surface area contributed by atoms with Crippen LogP contribution in [0.15, 0.2) is 0 Å². The lowest BCUT2D eigenvalue weighted by Crippen LogP contribution is -2.46. The molecule has 26 heavy (non-hydrogen) atoms. The molecule has 1 saturated heterocycles. The second-order valence-corrected chi connectivity index (χ2v) is 9.82. The second-order valence-electron chi connectivity index (χ2n) is 9.82. The fourth-order valence-corrected chi connectivity index (χ4v) is 3.21. The highest BCUT2D eigenvalue weighted by Gasteiger charge is 2.42. The Bertz CT molecular complexity index is 487. The molecule has 0 N–H and O–H groups in total. The lowest BCUT2D eigenvalue weighted by atomic mass is 9.66. The molecule has 1 rings (SSSR count). The van der Waals surface area contributed by atoms with E-state index in [9.17, 15) is 14.4 Å². The molecule has 0 bridgehead atoms. The normalized spacial score (nSPS) is 17.9. The van der Waals surface area contributed by atoms with Crippen LogP contribution in [-0.2, 0) is 19.1 Å². The van der Waals surface area contributed by atoms with Crippen molar-refractivity contribution in [2.24, 2.45) is 16.2 Å². The zero-order chi connectivity index (χ0) is 20.2. The fourth-order valence-electron chi connectivity index (χ4n) is 3.21. The first-order chi connectivity index (χ1) is 11.8. The zero-order valence-electron chi connectivity index (χ0n) is 17.7. The van der Waals surface area contributed by atoms with E-state index in [1.165, 1.54) is 0 Å². The molecule has 0 aromatic heterocycles. The SMILES string of the molecule is COCCC(=O)N1CCC(CC(=O)C(C)(C)C)(CC(=O)C(C)(C)C)CC1. The topological polar surface area (TPSA) is 63.7 Å². The molecule has 5 nitrogen and oxygen atoms in total. The van der Waals surface area contributed by atoms with E-state index in [4.69, 9.17) is 4.74 Å². The third-order valence-corrected chi connectivity index (χ3v) is 5.44. The summed E-state index contributed by atoms with van der Waals surface area (Å²) in [6, 6.07) is 0. The van der Waals surface area contributed by atoms with Crippen LogP contribution in [0.1, 0.15) is 73.6 Å². The summed E-state index contributed by atoms with van der Waals surface area (Å²) in [6.45, 7) is 13.2. The smallest absolute Gasteiger partial charge is 0.224 e. The minimum atomic E-state index is -0.413. The van der Waals surface area contributed by atoms with Crippen LogP contribution in [0.4, 0.5) is 0 Å². The Labute approximate surface area is 158 Å². The maximum Gasteiger partial charge on any atom is 0.224 e.